The number of carbonyl (C=O) groups is 1. The first-order valence-electron chi connectivity index (χ1n) is 9.98. The van der Waals surface area contributed by atoms with E-state index in [1.165, 1.54) is 11.1 Å². The number of hydrogen-bond acceptors (Lipinski definition) is 1. The predicted molar refractivity (Wildman–Crippen MR) is 120 cm³/mol. The van der Waals surface area contributed by atoms with Crippen LogP contribution >= 0.6 is 11.6 Å². The first-order valence-corrected chi connectivity index (χ1v) is 10.5. The van der Waals surface area contributed by atoms with Crippen molar-refractivity contribution in [2.24, 2.45) is 5.41 Å². The molecule has 3 aromatic rings. The number of halogens is 1. The lowest BCUT2D eigenvalue weighted by Crippen LogP contribution is -2.41. The van der Waals surface area contributed by atoms with Gasteiger partial charge in [0.25, 0.3) is 0 Å². The average Bonchev–Trinajstić information content (AvgIpc) is 3.16. The maximum Gasteiger partial charge on any atom is 0.230 e. The summed E-state index contributed by atoms with van der Waals surface area (Å²) < 4.78 is 2.22. The van der Waals surface area contributed by atoms with Gasteiger partial charge in [0.1, 0.15) is 0 Å². The third-order valence-electron chi connectivity index (χ3n) is 5.29. The summed E-state index contributed by atoms with van der Waals surface area (Å²) in [6.07, 6.45) is 2.08. The summed E-state index contributed by atoms with van der Waals surface area (Å²) in [5, 5.41) is 0. The van der Waals surface area contributed by atoms with Crippen molar-refractivity contribution in [1.82, 2.24) is 9.47 Å². The van der Waals surface area contributed by atoms with Gasteiger partial charge in [0, 0.05) is 30.9 Å². The minimum absolute atomic E-state index is 0.0694. The number of hydrogen-bond donors (Lipinski definition) is 0. The highest BCUT2D eigenvalue weighted by molar-refractivity contribution is 6.19. The molecule has 0 fully saturated rings. The van der Waals surface area contributed by atoms with E-state index in [1.807, 2.05) is 43.0 Å². The van der Waals surface area contributed by atoms with Gasteiger partial charge in [0.05, 0.1) is 12.0 Å². The van der Waals surface area contributed by atoms with Crippen LogP contribution in [0.1, 0.15) is 36.2 Å². The molecule has 1 amide bonds. The van der Waals surface area contributed by atoms with Crippen LogP contribution in [0.25, 0.3) is 0 Å². The number of nitrogens with zero attached hydrogens (tertiary/aromatic N) is 2. The van der Waals surface area contributed by atoms with Crippen LogP contribution in [0.5, 0.6) is 0 Å². The van der Waals surface area contributed by atoms with E-state index in [4.69, 9.17) is 11.6 Å². The van der Waals surface area contributed by atoms with Crippen molar-refractivity contribution in [2.75, 3.05) is 5.88 Å². The lowest BCUT2D eigenvalue weighted by molar-refractivity contribution is -0.140. The second kappa shape index (κ2) is 9.32. The van der Waals surface area contributed by atoms with Gasteiger partial charge < -0.3 is 9.47 Å². The topological polar surface area (TPSA) is 25.2 Å². The van der Waals surface area contributed by atoms with Gasteiger partial charge in [-0.1, -0.05) is 54.6 Å². The summed E-state index contributed by atoms with van der Waals surface area (Å²) in [5.41, 5.74) is 4.18. The number of amides is 1. The number of rotatable bonds is 8. The van der Waals surface area contributed by atoms with Crippen molar-refractivity contribution in [2.45, 2.75) is 40.4 Å². The van der Waals surface area contributed by atoms with E-state index in [0.717, 1.165) is 17.8 Å². The molecule has 152 valence electrons. The Kier molecular flexibility index (Phi) is 6.81. The summed E-state index contributed by atoms with van der Waals surface area (Å²) >= 11 is 6.12. The molecule has 4 heteroatoms. The maximum atomic E-state index is 13.3. The van der Waals surface area contributed by atoms with Crippen LogP contribution in [0.4, 0.5) is 0 Å². The predicted octanol–water partition coefficient (Wildman–Crippen LogP) is 5.64. The first kappa shape index (κ1) is 21.2. The van der Waals surface area contributed by atoms with Crippen molar-refractivity contribution < 1.29 is 4.79 Å². The Morgan fingerprint density at radius 2 is 1.66 bits per heavy atom. The number of carbonyl (C=O) groups excluding carboxylic acids is 1. The standard InChI is InChI=1S/C25H29ClN2O/c1-20-10-7-8-13-22(20)17-27-15-9-14-23(27)18-28(24(29)25(2,3)19-26)16-21-11-5-4-6-12-21/h4-15H,16-19H2,1-3H3. The molecule has 2 aromatic carbocycles. The average molecular weight is 409 g/mol. The van der Waals surface area contributed by atoms with Crippen LogP contribution in [0.15, 0.2) is 72.9 Å². The van der Waals surface area contributed by atoms with Crippen LogP contribution in [0.3, 0.4) is 0 Å². The molecule has 0 atom stereocenters. The highest BCUT2D eigenvalue weighted by Gasteiger charge is 2.31. The Bertz CT molecular complexity index is 946. The normalized spacial score (nSPS) is 11.4. The number of aryl methyl sites for hydroxylation is 1. The molecule has 1 heterocycles. The Balaban J connectivity index is 1.85. The van der Waals surface area contributed by atoms with Gasteiger partial charge in [-0.15, -0.1) is 11.6 Å². The molecule has 0 bridgehead atoms. The van der Waals surface area contributed by atoms with Gasteiger partial charge in [-0.2, -0.15) is 0 Å². The molecule has 0 saturated carbocycles. The Hall–Kier alpha value is -2.52. The van der Waals surface area contributed by atoms with Crippen LogP contribution < -0.4 is 0 Å². The monoisotopic (exact) mass is 408 g/mol. The molecular formula is C25H29ClN2O. The molecular weight excluding hydrogens is 380 g/mol. The molecule has 0 unspecified atom stereocenters. The third-order valence-corrected chi connectivity index (χ3v) is 5.96. The van der Waals surface area contributed by atoms with E-state index >= 15 is 0 Å². The summed E-state index contributed by atoms with van der Waals surface area (Å²) in [6.45, 7) is 7.86. The lowest BCUT2D eigenvalue weighted by atomic mass is 9.94. The van der Waals surface area contributed by atoms with E-state index in [9.17, 15) is 4.79 Å². The Labute approximate surface area is 178 Å². The van der Waals surface area contributed by atoms with E-state index < -0.39 is 5.41 Å². The van der Waals surface area contributed by atoms with Gasteiger partial charge in [-0.05, 0) is 49.6 Å². The Morgan fingerprint density at radius 3 is 2.34 bits per heavy atom. The van der Waals surface area contributed by atoms with Gasteiger partial charge in [0.2, 0.25) is 5.91 Å². The molecule has 0 aliphatic rings. The molecule has 0 aliphatic carbocycles. The van der Waals surface area contributed by atoms with Crippen LogP contribution in [0, 0.1) is 12.3 Å². The summed E-state index contributed by atoms with van der Waals surface area (Å²) in [7, 11) is 0. The number of aromatic nitrogens is 1. The summed E-state index contributed by atoms with van der Waals surface area (Å²) in [5.74, 6) is 0.362. The molecule has 0 N–H and O–H groups in total. The first-order chi connectivity index (χ1) is 13.9. The third kappa shape index (κ3) is 5.30. The van der Waals surface area contributed by atoms with Crippen molar-refractivity contribution >= 4 is 17.5 Å². The quantitative estimate of drug-likeness (QED) is 0.443. The molecule has 3 nitrogen and oxygen atoms in total. The highest BCUT2D eigenvalue weighted by Crippen LogP contribution is 2.24. The molecule has 0 aliphatic heterocycles. The lowest BCUT2D eigenvalue weighted by Gasteiger charge is -2.31. The van der Waals surface area contributed by atoms with Crippen LogP contribution in [-0.4, -0.2) is 21.3 Å². The molecule has 0 radical (unpaired) electrons. The number of benzene rings is 2. The van der Waals surface area contributed by atoms with E-state index in [2.05, 4.69) is 60.2 Å². The van der Waals surface area contributed by atoms with Gasteiger partial charge >= 0.3 is 0 Å². The summed E-state index contributed by atoms with van der Waals surface area (Å²) in [6, 6.07) is 22.7. The SMILES string of the molecule is Cc1ccccc1Cn1cccc1CN(Cc1ccccc1)C(=O)C(C)(C)CCl. The minimum Gasteiger partial charge on any atom is -0.345 e. The zero-order chi connectivity index (χ0) is 20.9. The molecule has 0 saturated heterocycles. The smallest absolute Gasteiger partial charge is 0.230 e. The molecule has 3 rings (SSSR count). The largest absolute Gasteiger partial charge is 0.345 e. The minimum atomic E-state index is -0.607. The fourth-order valence-electron chi connectivity index (χ4n) is 3.40. The second-order valence-electron chi connectivity index (χ2n) is 8.22. The van der Waals surface area contributed by atoms with E-state index in [0.29, 0.717) is 19.0 Å². The van der Waals surface area contributed by atoms with Crippen molar-refractivity contribution in [1.29, 1.82) is 0 Å². The van der Waals surface area contributed by atoms with E-state index in [1.54, 1.807) is 0 Å². The van der Waals surface area contributed by atoms with Gasteiger partial charge in [-0.3, -0.25) is 4.79 Å². The van der Waals surface area contributed by atoms with Crippen LogP contribution in [-0.2, 0) is 24.4 Å². The van der Waals surface area contributed by atoms with Crippen molar-refractivity contribution in [3.05, 3.63) is 95.3 Å². The molecule has 1 aromatic heterocycles. The molecule has 29 heavy (non-hydrogen) atoms. The zero-order valence-corrected chi connectivity index (χ0v) is 18.2. The van der Waals surface area contributed by atoms with Crippen LogP contribution in [0.2, 0.25) is 0 Å². The fraction of sp³-hybridized carbons (Fsp3) is 0.320. The Morgan fingerprint density at radius 1 is 0.966 bits per heavy atom. The molecule has 0 spiro atoms. The maximum absolute atomic E-state index is 13.3. The van der Waals surface area contributed by atoms with Gasteiger partial charge in [-0.25, -0.2) is 0 Å². The van der Waals surface area contributed by atoms with Crippen molar-refractivity contribution in [3.63, 3.8) is 0 Å². The summed E-state index contributed by atoms with van der Waals surface area (Å²) in [4.78, 5) is 15.2. The number of alkyl halides is 1. The second-order valence-corrected chi connectivity index (χ2v) is 8.49. The fourth-order valence-corrected chi connectivity index (χ4v) is 3.52. The van der Waals surface area contributed by atoms with Crippen molar-refractivity contribution in [3.8, 4) is 0 Å². The van der Waals surface area contributed by atoms with E-state index in [-0.39, 0.29) is 5.91 Å². The highest BCUT2D eigenvalue weighted by atomic mass is 35.5. The zero-order valence-electron chi connectivity index (χ0n) is 17.4. The van der Waals surface area contributed by atoms with Gasteiger partial charge in [0.15, 0.2) is 0 Å².